The summed E-state index contributed by atoms with van der Waals surface area (Å²) >= 11 is 6.08. The maximum Gasteiger partial charge on any atom is 0.272 e. The lowest BCUT2D eigenvalue weighted by atomic mass is 10.2. The first-order valence-electron chi connectivity index (χ1n) is 7.45. The van der Waals surface area contributed by atoms with Crippen molar-refractivity contribution in [3.05, 3.63) is 47.1 Å². The van der Waals surface area contributed by atoms with E-state index in [0.717, 1.165) is 16.7 Å². The highest BCUT2D eigenvalue weighted by Crippen LogP contribution is 2.36. The molecule has 0 aliphatic rings. The van der Waals surface area contributed by atoms with Crippen LogP contribution in [0.15, 0.2) is 36.4 Å². The van der Waals surface area contributed by atoms with Crippen LogP contribution >= 0.6 is 11.6 Å². The average Bonchev–Trinajstić information content (AvgIpc) is 3.05. The maximum absolute atomic E-state index is 12.6. The number of hydrogen-bond donors (Lipinski definition) is 2. The fourth-order valence-electron chi connectivity index (χ4n) is 2.51. The fraction of sp³-hybridized carbons (Fsp3) is 0.167. The molecule has 0 saturated heterocycles. The van der Waals surface area contributed by atoms with E-state index in [-0.39, 0.29) is 5.91 Å². The van der Waals surface area contributed by atoms with Crippen LogP contribution in [-0.4, -0.2) is 32.2 Å². The molecule has 0 radical (unpaired) electrons. The summed E-state index contributed by atoms with van der Waals surface area (Å²) in [5.41, 5.74) is 1.72. The monoisotopic (exact) mass is 360 g/mol. The molecule has 6 nitrogen and oxygen atoms in total. The molecule has 0 bridgehead atoms. The second-order valence-electron chi connectivity index (χ2n) is 5.28. The highest BCUT2D eigenvalue weighted by Gasteiger charge is 2.15. The molecule has 3 aromatic rings. The van der Waals surface area contributed by atoms with Gasteiger partial charge in [-0.15, -0.1) is 0 Å². The number of rotatable bonds is 5. The van der Waals surface area contributed by atoms with Crippen LogP contribution in [0.2, 0.25) is 5.02 Å². The van der Waals surface area contributed by atoms with Crippen LogP contribution in [0.3, 0.4) is 0 Å². The molecule has 0 atom stereocenters. The van der Waals surface area contributed by atoms with E-state index in [2.05, 4.69) is 10.3 Å². The number of nitrogens with one attached hydrogen (secondary N) is 2. The van der Waals surface area contributed by atoms with E-state index in [1.807, 2.05) is 18.2 Å². The third kappa shape index (κ3) is 3.34. The molecule has 0 saturated carbocycles. The van der Waals surface area contributed by atoms with Crippen molar-refractivity contribution in [2.24, 2.45) is 0 Å². The number of carbonyl (C=O) groups is 1. The number of aromatic amines is 1. The Hall–Kier alpha value is -2.86. The van der Waals surface area contributed by atoms with Crippen molar-refractivity contribution in [1.82, 2.24) is 4.98 Å². The Kier molecular flexibility index (Phi) is 4.72. The van der Waals surface area contributed by atoms with Crippen LogP contribution in [0.25, 0.3) is 10.9 Å². The van der Waals surface area contributed by atoms with Gasteiger partial charge >= 0.3 is 0 Å². The van der Waals surface area contributed by atoms with Gasteiger partial charge in [-0.3, -0.25) is 4.79 Å². The zero-order valence-corrected chi connectivity index (χ0v) is 14.7. The maximum atomic E-state index is 12.6. The summed E-state index contributed by atoms with van der Waals surface area (Å²) in [4.78, 5) is 15.7. The number of ether oxygens (including phenoxy) is 3. The molecular weight excluding hydrogens is 344 g/mol. The molecule has 130 valence electrons. The molecule has 0 aliphatic carbocycles. The van der Waals surface area contributed by atoms with Crippen LogP contribution in [-0.2, 0) is 0 Å². The highest BCUT2D eigenvalue weighted by atomic mass is 35.5. The number of fused-ring (bicyclic) bond motifs is 1. The van der Waals surface area contributed by atoms with Crippen molar-refractivity contribution in [1.29, 1.82) is 0 Å². The van der Waals surface area contributed by atoms with Crippen LogP contribution in [0.1, 0.15) is 10.5 Å². The number of benzene rings is 2. The molecule has 0 spiro atoms. The zero-order chi connectivity index (χ0) is 18.0. The first-order valence-corrected chi connectivity index (χ1v) is 7.83. The SMILES string of the molecule is COc1ccc2[nH]c(C(=O)Nc3cc(OC)c(Cl)cc3OC)cc2c1. The minimum absolute atomic E-state index is 0.308. The Morgan fingerprint density at radius 1 is 1.00 bits per heavy atom. The number of carbonyl (C=O) groups excluding carboxylic acids is 1. The number of H-pyrrole nitrogens is 1. The van der Waals surface area contributed by atoms with Gasteiger partial charge in [0.1, 0.15) is 22.9 Å². The van der Waals surface area contributed by atoms with Gasteiger partial charge in [-0.25, -0.2) is 0 Å². The molecule has 0 fully saturated rings. The molecule has 3 rings (SSSR count). The first kappa shape index (κ1) is 17.0. The predicted octanol–water partition coefficient (Wildman–Crippen LogP) is 4.10. The van der Waals surface area contributed by atoms with Crippen molar-refractivity contribution in [2.45, 2.75) is 0 Å². The number of aromatic nitrogens is 1. The van der Waals surface area contributed by atoms with Gasteiger partial charge in [-0.05, 0) is 24.3 Å². The zero-order valence-electron chi connectivity index (χ0n) is 14.0. The van der Waals surface area contributed by atoms with Crippen LogP contribution in [0.4, 0.5) is 5.69 Å². The molecular formula is C18H17ClN2O4. The lowest BCUT2D eigenvalue weighted by molar-refractivity contribution is 0.102. The molecule has 2 aromatic carbocycles. The molecule has 0 unspecified atom stereocenters. The third-order valence-corrected chi connectivity index (χ3v) is 4.09. The van der Waals surface area contributed by atoms with E-state index in [9.17, 15) is 4.79 Å². The Morgan fingerprint density at radius 2 is 1.76 bits per heavy atom. The number of methoxy groups -OCH3 is 3. The molecule has 1 heterocycles. The Bertz CT molecular complexity index is 936. The summed E-state index contributed by atoms with van der Waals surface area (Å²) in [6.07, 6.45) is 0. The standard InChI is InChI=1S/C18H17ClN2O4/c1-23-11-4-5-13-10(6-11)7-15(20-13)18(22)21-14-9-16(24-2)12(19)8-17(14)25-3/h4-9,20H,1-3H3,(H,21,22). The van der Waals surface area contributed by atoms with Gasteiger partial charge in [0, 0.05) is 23.0 Å². The van der Waals surface area contributed by atoms with Crippen LogP contribution < -0.4 is 19.5 Å². The molecule has 2 N–H and O–H groups in total. The molecule has 1 amide bonds. The van der Waals surface area contributed by atoms with Crippen molar-refractivity contribution in [2.75, 3.05) is 26.6 Å². The van der Waals surface area contributed by atoms with Crippen molar-refractivity contribution >= 4 is 34.1 Å². The Labute approximate surface area is 149 Å². The largest absolute Gasteiger partial charge is 0.497 e. The number of anilines is 1. The van der Waals surface area contributed by atoms with Crippen molar-refractivity contribution in [3.8, 4) is 17.2 Å². The van der Waals surface area contributed by atoms with Crippen molar-refractivity contribution < 1.29 is 19.0 Å². The van der Waals surface area contributed by atoms with E-state index in [1.54, 1.807) is 25.3 Å². The van der Waals surface area contributed by atoms with Gasteiger partial charge in [0.05, 0.1) is 32.0 Å². The molecule has 7 heteroatoms. The van der Waals surface area contributed by atoms with E-state index in [1.165, 1.54) is 14.2 Å². The van der Waals surface area contributed by atoms with E-state index < -0.39 is 0 Å². The summed E-state index contributed by atoms with van der Waals surface area (Å²) < 4.78 is 15.7. The summed E-state index contributed by atoms with van der Waals surface area (Å²) in [7, 11) is 4.61. The quantitative estimate of drug-likeness (QED) is 0.718. The van der Waals surface area contributed by atoms with Crippen molar-refractivity contribution in [3.63, 3.8) is 0 Å². The first-order chi connectivity index (χ1) is 12.0. The summed E-state index contributed by atoms with van der Waals surface area (Å²) in [6.45, 7) is 0. The van der Waals surface area contributed by atoms with Crippen LogP contribution in [0.5, 0.6) is 17.2 Å². The average molecular weight is 361 g/mol. The molecule has 0 aliphatic heterocycles. The third-order valence-electron chi connectivity index (χ3n) is 3.79. The number of hydrogen-bond acceptors (Lipinski definition) is 4. The topological polar surface area (TPSA) is 72.6 Å². The lowest BCUT2D eigenvalue weighted by Gasteiger charge is -2.12. The van der Waals surface area contributed by atoms with E-state index in [4.69, 9.17) is 25.8 Å². The summed E-state index contributed by atoms with van der Waals surface area (Å²) in [5, 5.41) is 4.08. The van der Waals surface area contributed by atoms with Gasteiger partial charge in [-0.2, -0.15) is 0 Å². The van der Waals surface area contributed by atoms with E-state index >= 15 is 0 Å². The molecule has 1 aromatic heterocycles. The minimum atomic E-state index is -0.308. The van der Waals surface area contributed by atoms with Gasteiger partial charge < -0.3 is 24.5 Å². The Morgan fingerprint density at radius 3 is 2.44 bits per heavy atom. The lowest BCUT2D eigenvalue weighted by Crippen LogP contribution is -2.13. The smallest absolute Gasteiger partial charge is 0.272 e. The molecule has 25 heavy (non-hydrogen) atoms. The van der Waals surface area contributed by atoms with Gasteiger partial charge in [-0.1, -0.05) is 11.6 Å². The second-order valence-corrected chi connectivity index (χ2v) is 5.68. The minimum Gasteiger partial charge on any atom is -0.497 e. The predicted molar refractivity (Wildman–Crippen MR) is 97.4 cm³/mol. The summed E-state index contributed by atoms with van der Waals surface area (Å²) in [5.74, 6) is 1.30. The number of amides is 1. The number of halogens is 1. The van der Waals surface area contributed by atoms with Gasteiger partial charge in [0.2, 0.25) is 0 Å². The van der Waals surface area contributed by atoms with E-state index in [0.29, 0.717) is 27.9 Å². The highest BCUT2D eigenvalue weighted by molar-refractivity contribution is 6.32. The van der Waals surface area contributed by atoms with Gasteiger partial charge in [0.15, 0.2) is 0 Å². The Balaban J connectivity index is 1.92. The summed E-state index contributed by atoms with van der Waals surface area (Å²) in [6, 6.07) is 10.5. The van der Waals surface area contributed by atoms with Crippen LogP contribution in [0, 0.1) is 0 Å². The normalized spacial score (nSPS) is 10.6. The van der Waals surface area contributed by atoms with Gasteiger partial charge in [0.25, 0.3) is 5.91 Å². The fourth-order valence-corrected chi connectivity index (χ4v) is 2.74. The second kappa shape index (κ2) is 6.94.